The molecule has 6 nitrogen and oxygen atoms in total. The average molecular weight is 351 g/mol. The third-order valence-corrected chi connectivity index (χ3v) is 3.38. The van der Waals surface area contributed by atoms with Crippen molar-refractivity contribution in [2.24, 2.45) is 0 Å². The second-order valence-electron chi connectivity index (χ2n) is 5.48. The molecule has 0 atom stereocenters. The van der Waals surface area contributed by atoms with Gasteiger partial charge in [0.15, 0.2) is 0 Å². The Morgan fingerprint density at radius 1 is 1.12 bits per heavy atom. The van der Waals surface area contributed by atoms with Gasteiger partial charge in [0.05, 0.1) is 17.2 Å². The maximum Gasteiger partial charge on any atom is 0.343 e. The van der Waals surface area contributed by atoms with Crippen molar-refractivity contribution in [1.29, 1.82) is 5.26 Å². The summed E-state index contributed by atoms with van der Waals surface area (Å²) in [6.07, 6.45) is 0. The Bertz CT molecular complexity index is 878. The predicted octanol–water partition coefficient (Wildman–Crippen LogP) is 3.54. The first-order chi connectivity index (χ1) is 12.4. The highest BCUT2D eigenvalue weighted by Gasteiger charge is 2.10. The van der Waals surface area contributed by atoms with E-state index in [0.717, 1.165) is 5.56 Å². The molecule has 132 valence electrons. The maximum atomic E-state index is 12.2. The summed E-state index contributed by atoms with van der Waals surface area (Å²) in [6, 6.07) is 13.0. The van der Waals surface area contributed by atoms with Crippen LogP contribution < -0.4 is 9.47 Å². The van der Waals surface area contributed by atoms with Gasteiger partial charge in [-0.3, -0.25) is 0 Å². The van der Waals surface area contributed by atoms with Crippen molar-refractivity contribution in [2.45, 2.75) is 13.8 Å². The molecule has 0 aliphatic rings. The predicted molar refractivity (Wildman–Crippen MR) is 93.7 cm³/mol. The van der Waals surface area contributed by atoms with Gasteiger partial charge in [0.25, 0.3) is 0 Å². The van der Waals surface area contributed by atoms with E-state index in [4.69, 9.17) is 19.5 Å². The molecular weight excluding hydrogens is 334 g/mol. The summed E-state index contributed by atoms with van der Waals surface area (Å²) in [6.45, 7) is 6.52. The summed E-state index contributed by atoms with van der Waals surface area (Å²) in [5, 5.41) is 8.91. The van der Waals surface area contributed by atoms with E-state index in [9.17, 15) is 9.59 Å². The van der Waals surface area contributed by atoms with Crippen molar-refractivity contribution in [3.8, 4) is 17.6 Å². The molecule has 0 spiro atoms. The van der Waals surface area contributed by atoms with Crippen molar-refractivity contribution in [1.82, 2.24) is 0 Å². The van der Waals surface area contributed by atoms with Crippen molar-refractivity contribution in [3.63, 3.8) is 0 Å². The van der Waals surface area contributed by atoms with Crippen molar-refractivity contribution in [3.05, 3.63) is 71.3 Å². The smallest absolute Gasteiger partial charge is 0.343 e. The minimum atomic E-state index is -0.539. The summed E-state index contributed by atoms with van der Waals surface area (Å²) in [7, 11) is 0. The number of esters is 2. The Kier molecular flexibility index (Phi) is 6.12. The van der Waals surface area contributed by atoms with Gasteiger partial charge in [-0.1, -0.05) is 6.58 Å². The van der Waals surface area contributed by atoms with Crippen LogP contribution in [0.15, 0.2) is 54.6 Å². The Labute approximate surface area is 151 Å². The minimum absolute atomic E-state index is 0.250. The molecule has 26 heavy (non-hydrogen) atoms. The maximum absolute atomic E-state index is 12.2. The molecule has 0 radical (unpaired) electrons. The number of hydrogen-bond donors (Lipinski definition) is 0. The summed E-state index contributed by atoms with van der Waals surface area (Å²) < 4.78 is 15.4. The van der Waals surface area contributed by atoms with Gasteiger partial charge in [0.1, 0.15) is 11.5 Å². The minimum Gasteiger partial charge on any atom is -0.457 e. The molecule has 0 N–H and O–H groups in total. The van der Waals surface area contributed by atoms with Crippen LogP contribution in [0.3, 0.4) is 0 Å². The summed E-state index contributed by atoms with van der Waals surface area (Å²) >= 11 is 0. The lowest BCUT2D eigenvalue weighted by Crippen LogP contribution is -2.11. The molecule has 2 rings (SSSR count). The summed E-state index contributed by atoms with van der Waals surface area (Å²) in [4.78, 5) is 23.4. The number of nitriles is 1. The van der Waals surface area contributed by atoms with Crippen LogP contribution in [0.2, 0.25) is 0 Å². The fourth-order valence-electron chi connectivity index (χ4n) is 1.95. The zero-order valence-electron chi connectivity index (χ0n) is 14.4. The monoisotopic (exact) mass is 351 g/mol. The topological polar surface area (TPSA) is 85.6 Å². The highest BCUT2D eigenvalue weighted by molar-refractivity contribution is 5.91. The van der Waals surface area contributed by atoms with Gasteiger partial charge in [0.2, 0.25) is 6.79 Å². The summed E-state index contributed by atoms with van der Waals surface area (Å²) in [5.74, 6) is -0.277. The third kappa shape index (κ3) is 4.95. The molecule has 0 saturated carbocycles. The van der Waals surface area contributed by atoms with Crippen LogP contribution in [0.4, 0.5) is 0 Å². The third-order valence-electron chi connectivity index (χ3n) is 3.38. The normalized spacial score (nSPS) is 9.73. The molecule has 0 aromatic heterocycles. The number of benzene rings is 2. The van der Waals surface area contributed by atoms with Gasteiger partial charge < -0.3 is 14.2 Å². The van der Waals surface area contributed by atoms with Crippen LogP contribution in [0, 0.1) is 18.3 Å². The number of carbonyl (C=O) groups is 2. The fraction of sp³-hybridized carbons (Fsp3) is 0.150. The van der Waals surface area contributed by atoms with E-state index >= 15 is 0 Å². The number of hydrogen-bond acceptors (Lipinski definition) is 6. The second kappa shape index (κ2) is 8.49. The molecule has 0 heterocycles. The van der Waals surface area contributed by atoms with Crippen LogP contribution in [-0.2, 0) is 9.53 Å². The second-order valence-corrected chi connectivity index (χ2v) is 5.48. The number of nitrogens with zero attached hydrogens (tertiary/aromatic N) is 1. The van der Waals surface area contributed by atoms with Crippen LogP contribution in [0.5, 0.6) is 11.5 Å². The molecule has 0 amide bonds. The van der Waals surface area contributed by atoms with Crippen molar-refractivity contribution in [2.75, 3.05) is 6.79 Å². The SMILES string of the molecule is C=C(C)C(=O)OCOc1ccc(C(=O)Oc2ccc(C#N)c(C)c2)cc1. The first-order valence-electron chi connectivity index (χ1n) is 7.69. The van der Waals surface area contributed by atoms with Crippen LogP contribution in [-0.4, -0.2) is 18.7 Å². The van der Waals surface area contributed by atoms with E-state index in [1.165, 1.54) is 19.1 Å². The van der Waals surface area contributed by atoms with Crippen molar-refractivity contribution >= 4 is 11.9 Å². The van der Waals surface area contributed by atoms with Crippen LogP contribution >= 0.6 is 0 Å². The molecule has 0 aliphatic heterocycles. The molecular formula is C20H17NO5. The molecule has 2 aromatic rings. The average Bonchev–Trinajstić information content (AvgIpc) is 2.62. The Hall–Kier alpha value is -3.59. The van der Waals surface area contributed by atoms with E-state index in [0.29, 0.717) is 22.6 Å². The molecule has 0 saturated heterocycles. The lowest BCUT2D eigenvalue weighted by Gasteiger charge is -2.08. The standard InChI is InChI=1S/C20H17NO5/c1-13(2)19(22)25-12-24-17-7-4-15(5-8-17)20(23)26-18-9-6-16(11-21)14(3)10-18/h4-10H,1,12H2,2-3H3. The molecule has 0 fully saturated rings. The van der Waals surface area contributed by atoms with Gasteiger partial charge in [-0.2, -0.15) is 5.26 Å². The van der Waals surface area contributed by atoms with E-state index in [1.807, 2.05) is 0 Å². The fourth-order valence-corrected chi connectivity index (χ4v) is 1.95. The van der Waals surface area contributed by atoms with Gasteiger partial charge in [-0.25, -0.2) is 9.59 Å². The summed E-state index contributed by atoms with van der Waals surface area (Å²) in [5.41, 5.74) is 1.87. The lowest BCUT2D eigenvalue weighted by atomic mass is 10.1. The largest absolute Gasteiger partial charge is 0.457 e. The first-order valence-corrected chi connectivity index (χ1v) is 7.69. The molecule has 0 bridgehead atoms. The Morgan fingerprint density at radius 2 is 1.77 bits per heavy atom. The van der Waals surface area contributed by atoms with E-state index < -0.39 is 11.9 Å². The van der Waals surface area contributed by atoms with E-state index in [1.54, 1.807) is 37.3 Å². The molecule has 0 aliphatic carbocycles. The molecule has 0 unspecified atom stereocenters. The van der Waals surface area contributed by atoms with Crippen LogP contribution in [0.1, 0.15) is 28.4 Å². The first kappa shape index (κ1) is 18.7. The quantitative estimate of drug-likeness (QED) is 0.342. The van der Waals surface area contributed by atoms with Gasteiger partial charge >= 0.3 is 11.9 Å². The number of rotatable bonds is 6. The van der Waals surface area contributed by atoms with Crippen molar-refractivity contribution < 1.29 is 23.8 Å². The Morgan fingerprint density at radius 3 is 2.35 bits per heavy atom. The highest BCUT2D eigenvalue weighted by Crippen LogP contribution is 2.19. The molecule has 2 aromatic carbocycles. The number of carbonyl (C=O) groups excluding carboxylic acids is 2. The van der Waals surface area contributed by atoms with E-state index in [-0.39, 0.29) is 12.4 Å². The van der Waals surface area contributed by atoms with Gasteiger partial charge in [-0.05, 0) is 61.9 Å². The Balaban J connectivity index is 1.94. The van der Waals surface area contributed by atoms with Gasteiger partial charge in [-0.15, -0.1) is 0 Å². The van der Waals surface area contributed by atoms with Gasteiger partial charge in [0, 0.05) is 5.57 Å². The zero-order valence-corrected chi connectivity index (χ0v) is 14.4. The zero-order chi connectivity index (χ0) is 19.1. The van der Waals surface area contributed by atoms with E-state index in [2.05, 4.69) is 12.6 Å². The number of ether oxygens (including phenoxy) is 3. The highest BCUT2D eigenvalue weighted by atomic mass is 16.7. The lowest BCUT2D eigenvalue weighted by molar-refractivity contribution is -0.145. The van der Waals surface area contributed by atoms with Crippen LogP contribution in [0.25, 0.3) is 0 Å². The number of aryl methyl sites for hydroxylation is 1. The molecule has 6 heteroatoms.